The Kier molecular flexibility index (Phi) is 12.0. The number of hydrogen-bond donors (Lipinski definition) is 0. The molecule has 0 unspecified atom stereocenters. The average molecular weight is 1000 g/mol. The van der Waals surface area contributed by atoms with Crippen LogP contribution in [0.25, 0.3) is 21.2 Å². The zero-order valence-corrected chi connectivity index (χ0v) is 47.9. The van der Waals surface area contributed by atoms with Crippen molar-refractivity contribution in [2.45, 2.75) is 131 Å². The topological polar surface area (TPSA) is 9.72 Å². The molecule has 3 nitrogen and oxygen atoms in total. The van der Waals surface area contributed by atoms with Crippen LogP contribution in [0.15, 0.2) is 176 Å². The molecule has 0 fully saturated rings. The van der Waals surface area contributed by atoms with Crippen molar-refractivity contribution >= 4 is 95.0 Å². The zero-order chi connectivity index (χ0) is 53.1. The highest BCUT2D eigenvalue weighted by Gasteiger charge is 2.47. The van der Waals surface area contributed by atoms with E-state index in [4.69, 9.17) is 0 Å². The summed E-state index contributed by atoms with van der Waals surface area (Å²) >= 11 is 1.98. The van der Waals surface area contributed by atoms with Gasteiger partial charge in [-0.1, -0.05) is 201 Å². The second-order valence-electron chi connectivity index (χ2n) is 26.4. The Balaban J connectivity index is 1.32. The van der Waals surface area contributed by atoms with Crippen molar-refractivity contribution in [2.24, 2.45) is 0 Å². The maximum Gasteiger partial charge on any atom is 0.264 e. The number of rotatable bonds is 6. The molecule has 0 N–H and O–H groups in total. The van der Waals surface area contributed by atoms with Crippen LogP contribution in [-0.2, 0) is 27.1 Å². The van der Waals surface area contributed by atoms with E-state index in [2.05, 4.69) is 294 Å². The van der Waals surface area contributed by atoms with Crippen LogP contribution in [0, 0.1) is 0 Å². The standard InChI is InChI=1S/C70H74BN3S/c1-66(2,3)46-28-26-45(27-29-46)55-40-48(68(7,8)9)32-37-58(55)74-61-44-54(72(51-22-18-16-19-23-51)52-24-20-17-21-25-52)43-60-63(61)71(65-64(74)56-41-49(69(10,11)12)34-39-62(56)75-65)57-42-50(70(13,14)15)33-38-59(57)73(60)53-35-30-47(31-36-53)67(4,5)6/h16-44H,1-15H3. The van der Waals surface area contributed by atoms with Gasteiger partial charge in [0.15, 0.2) is 0 Å². The van der Waals surface area contributed by atoms with Gasteiger partial charge in [0.1, 0.15) is 0 Å². The Hall–Kier alpha value is -6.82. The van der Waals surface area contributed by atoms with E-state index in [-0.39, 0.29) is 33.8 Å². The van der Waals surface area contributed by atoms with Gasteiger partial charge >= 0.3 is 0 Å². The fraction of sp³-hybridized carbons (Fsp3) is 0.286. The van der Waals surface area contributed by atoms with Gasteiger partial charge in [0.05, 0.1) is 17.1 Å². The number of benzene rings is 8. The van der Waals surface area contributed by atoms with Gasteiger partial charge in [0.2, 0.25) is 0 Å². The van der Waals surface area contributed by atoms with Crippen molar-refractivity contribution in [3.63, 3.8) is 0 Å². The quantitative estimate of drug-likeness (QED) is 0.154. The van der Waals surface area contributed by atoms with Crippen LogP contribution in [0.2, 0.25) is 0 Å². The monoisotopic (exact) mass is 1000 g/mol. The molecule has 0 amide bonds. The minimum atomic E-state index is -0.0735. The number of para-hydroxylation sites is 2. The van der Waals surface area contributed by atoms with Crippen molar-refractivity contribution in [1.82, 2.24) is 0 Å². The van der Waals surface area contributed by atoms with Crippen LogP contribution in [0.4, 0.5) is 51.2 Å². The van der Waals surface area contributed by atoms with E-state index >= 15 is 0 Å². The Morgan fingerprint density at radius 1 is 0.387 bits per heavy atom. The molecular formula is C70H74BN3S. The Bertz CT molecular complexity index is 3570. The summed E-state index contributed by atoms with van der Waals surface area (Å²) in [5.41, 5.74) is 22.1. The highest BCUT2D eigenvalue weighted by molar-refractivity contribution is 7.33. The van der Waals surface area contributed by atoms with Crippen LogP contribution >= 0.6 is 11.3 Å². The van der Waals surface area contributed by atoms with Crippen molar-refractivity contribution in [2.75, 3.05) is 14.7 Å². The second-order valence-corrected chi connectivity index (χ2v) is 27.5. The molecule has 0 bridgehead atoms. The van der Waals surface area contributed by atoms with Gasteiger partial charge in [-0.2, -0.15) is 0 Å². The molecule has 0 spiro atoms. The molecule has 0 atom stereocenters. The first kappa shape index (κ1) is 50.3. The lowest BCUT2D eigenvalue weighted by Gasteiger charge is -2.45. The first-order chi connectivity index (χ1) is 35.4. The normalized spacial score (nSPS) is 13.7. The third-order valence-electron chi connectivity index (χ3n) is 15.8. The van der Waals surface area contributed by atoms with E-state index in [1.165, 1.54) is 93.2 Å². The summed E-state index contributed by atoms with van der Waals surface area (Å²) in [4.78, 5) is 7.74. The van der Waals surface area contributed by atoms with Crippen molar-refractivity contribution < 1.29 is 0 Å². The largest absolute Gasteiger partial charge is 0.311 e. The van der Waals surface area contributed by atoms with Crippen molar-refractivity contribution in [3.05, 3.63) is 204 Å². The summed E-state index contributed by atoms with van der Waals surface area (Å²) < 4.78 is 2.68. The summed E-state index contributed by atoms with van der Waals surface area (Å²) in [6, 6.07) is 67.7. The van der Waals surface area contributed by atoms with E-state index < -0.39 is 0 Å². The van der Waals surface area contributed by atoms with Crippen molar-refractivity contribution in [3.8, 4) is 11.1 Å². The SMILES string of the molecule is CC(C)(C)c1ccc(-c2cc(C(C)(C)C)ccc2N2c3cc(N(c4ccccc4)c4ccccc4)cc4c3B(c3cc(C(C)(C)C)ccc3N4c3ccc(C(C)(C)C)cc3)c3sc4ccc(C(C)(C)C)cc4c32)cc1. The molecule has 2 aliphatic rings. The lowest BCUT2D eigenvalue weighted by atomic mass is 9.36. The van der Waals surface area contributed by atoms with Gasteiger partial charge in [-0.25, -0.2) is 0 Å². The van der Waals surface area contributed by atoms with Crippen molar-refractivity contribution in [1.29, 1.82) is 0 Å². The molecule has 0 aliphatic carbocycles. The molecule has 2 aliphatic heterocycles. The van der Waals surface area contributed by atoms with E-state index in [0.717, 1.165) is 22.7 Å². The van der Waals surface area contributed by atoms with Crippen LogP contribution in [-0.4, -0.2) is 6.71 Å². The summed E-state index contributed by atoms with van der Waals surface area (Å²) in [6.45, 7) is 34.9. The van der Waals surface area contributed by atoms with Crippen LogP contribution < -0.4 is 30.4 Å². The van der Waals surface area contributed by atoms with Gasteiger partial charge in [0.25, 0.3) is 6.71 Å². The number of anilines is 9. The third-order valence-corrected chi connectivity index (χ3v) is 17.0. The van der Waals surface area contributed by atoms with E-state index in [1.54, 1.807) is 0 Å². The van der Waals surface area contributed by atoms with Crippen LogP contribution in [0.1, 0.15) is 132 Å². The summed E-state index contributed by atoms with van der Waals surface area (Å²) in [6.07, 6.45) is 0. The summed E-state index contributed by atoms with van der Waals surface area (Å²) in [5.74, 6) is 0. The number of fused-ring (bicyclic) bond motifs is 6. The van der Waals surface area contributed by atoms with E-state index in [0.29, 0.717) is 0 Å². The molecule has 5 heteroatoms. The lowest BCUT2D eigenvalue weighted by molar-refractivity contribution is 0.590. The zero-order valence-electron chi connectivity index (χ0n) is 47.1. The molecule has 1 aromatic heterocycles. The Labute approximate surface area is 453 Å². The highest BCUT2D eigenvalue weighted by Crippen LogP contribution is 2.53. The first-order valence-electron chi connectivity index (χ1n) is 27.1. The highest BCUT2D eigenvalue weighted by atomic mass is 32.1. The smallest absolute Gasteiger partial charge is 0.264 e. The van der Waals surface area contributed by atoms with Crippen LogP contribution in [0.3, 0.4) is 0 Å². The van der Waals surface area contributed by atoms with Gasteiger partial charge in [-0.15, -0.1) is 11.3 Å². The fourth-order valence-electron chi connectivity index (χ4n) is 11.4. The fourth-order valence-corrected chi connectivity index (χ4v) is 12.7. The first-order valence-corrected chi connectivity index (χ1v) is 27.9. The predicted octanol–water partition coefficient (Wildman–Crippen LogP) is 18.6. The minimum Gasteiger partial charge on any atom is -0.311 e. The minimum absolute atomic E-state index is 0.00817. The van der Waals surface area contributed by atoms with E-state index in [1.807, 2.05) is 11.3 Å². The Morgan fingerprint density at radius 2 is 0.840 bits per heavy atom. The van der Waals surface area contributed by atoms with Gasteiger partial charge in [-0.3, -0.25) is 0 Å². The Morgan fingerprint density at radius 3 is 1.37 bits per heavy atom. The van der Waals surface area contributed by atoms with Gasteiger partial charge in [-0.05, 0) is 150 Å². The molecule has 8 aromatic carbocycles. The molecule has 11 rings (SSSR count). The predicted molar refractivity (Wildman–Crippen MR) is 329 cm³/mol. The number of hydrogen-bond acceptors (Lipinski definition) is 4. The molecule has 0 saturated carbocycles. The lowest BCUT2D eigenvalue weighted by Crippen LogP contribution is -2.60. The van der Waals surface area contributed by atoms with Gasteiger partial charge in [0, 0.05) is 54.6 Å². The number of nitrogens with zero attached hydrogens (tertiary/aromatic N) is 3. The molecular weight excluding hydrogens is 926 g/mol. The molecule has 0 radical (unpaired) electrons. The average Bonchev–Trinajstić information content (AvgIpc) is 3.80. The number of thiophene rings is 1. The molecule has 3 heterocycles. The maximum absolute atomic E-state index is 2.70. The van der Waals surface area contributed by atoms with Crippen LogP contribution in [0.5, 0.6) is 0 Å². The molecule has 378 valence electrons. The maximum atomic E-state index is 2.70. The van der Waals surface area contributed by atoms with E-state index in [9.17, 15) is 0 Å². The molecule has 9 aromatic rings. The summed E-state index contributed by atoms with van der Waals surface area (Å²) in [5, 5.41) is 1.30. The molecule has 75 heavy (non-hydrogen) atoms. The molecule has 0 saturated heterocycles. The second kappa shape index (κ2) is 17.9. The summed E-state index contributed by atoms with van der Waals surface area (Å²) in [7, 11) is 0. The van der Waals surface area contributed by atoms with Gasteiger partial charge < -0.3 is 14.7 Å². The third kappa shape index (κ3) is 8.99.